The molecule has 0 aliphatic heterocycles. The number of rotatable bonds is 6. The molecule has 0 atom stereocenters. The first-order valence-corrected chi connectivity index (χ1v) is 6.13. The number of amides is 1. The van der Waals surface area contributed by atoms with Gasteiger partial charge < -0.3 is 19.1 Å². The molecule has 0 saturated carbocycles. The summed E-state index contributed by atoms with van der Waals surface area (Å²) in [6.45, 7) is 4.11. The Balaban J connectivity index is 1.85. The van der Waals surface area contributed by atoms with E-state index in [9.17, 15) is 4.79 Å². The van der Waals surface area contributed by atoms with E-state index in [0.29, 0.717) is 48.3 Å². The molecule has 0 spiro atoms. The number of aromatic nitrogens is 3. The largest absolute Gasteiger partial charge is 0.377 e. The van der Waals surface area contributed by atoms with Gasteiger partial charge in [-0.05, 0) is 13.8 Å². The van der Waals surface area contributed by atoms with Crippen LogP contribution in [-0.2, 0) is 17.8 Å². The van der Waals surface area contributed by atoms with Crippen molar-refractivity contribution in [3.05, 3.63) is 28.7 Å². The summed E-state index contributed by atoms with van der Waals surface area (Å²) in [6.07, 6.45) is 0.450. The number of aryl methyl sites for hydroxylation is 2. The van der Waals surface area contributed by atoms with Gasteiger partial charge in [0.15, 0.2) is 5.82 Å². The lowest BCUT2D eigenvalue weighted by molar-refractivity contribution is 0.0951. The zero-order valence-corrected chi connectivity index (χ0v) is 11.6. The number of ether oxygens (including phenoxy) is 1. The van der Waals surface area contributed by atoms with Crippen LogP contribution in [0.25, 0.3) is 0 Å². The molecule has 2 heterocycles. The van der Waals surface area contributed by atoms with Crippen molar-refractivity contribution in [1.29, 1.82) is 0 Å². The van der Waals surface area contributed by atoms with Gasteiger partial charge in [-0.15, -0.1) is 0 Å². The van der Waals surface area contributed by atoms with Crippen molar-refractivity contribution in [2.75, 3.05) is 13.7 Å². The molecule has 0 bridgehead atoms. The van der Waals surface area contributed by atoms with Gasteiger partial charge in [0, 0.05) is 20.1 Å². The Morgan fingerprint density at radius 1 is 1.30 bits per heavy atom. The van der Waals surface area contributed by atoms with Crippen LogP contribution >= 0.6 is 0 Å². The van der Waals surface area contributed by atoms with Crippen LogP contribution in [0.5, 0.6) is 0 Å². The highest BCUT2D eigenvalue weighted by atomic mass is 16.5. The summed E-state index contributed by atoms with van der Waals surface area (Å²) < 4.78 is 14.8. The molecule has 2 aromatic heterocycles. The minimum atomic E-state index is -0.224. The third-order valence-electron chi connectivity index (χ3n) is 2.67. The van der Waals surface area contributed by atoms with Gasteiger partial charge in [-0.2, -0.15) is 4.98 Å². The van der Waals surface area contributed by atoms with Gasteiger partial charge in [0.2, 0.25) is 5.89 Å². The molecule has 1 N–H and O–H groups in total. The standard InChI is InChI=1S/C12H16N4O4/c1-7-11(8(2)19-15-7)12(17)13-5-4-10-14-9(6-18-3)16-20-10/h4-6H2,1-3H3,(H,13,17). The maximum atomic E-state index is 11.9. The second-order valence-corrected chi connectivity index (χ2v) is 4.24. The lowest BCUT2D eigenvalue weighted by Gasteiger charge is -2.02. The summed E-state index contributed by atoms with van der Waals surface area (Å²) in [7, 11) is 1.56. The van der Waals surface area contributed by atoms with Crippen LogP contribution in [0.15, 0.2) is 9.05 Å². The average molecular weight is 280 g/mol. The lowest BCUT2D eigenvalue weighted by Crippen LogP contribution is -2.26. The van der Waals surface area contributed by atoms with Crippen LogP contribution in [0.4, 0.5) is 0 Å². The van der Waals surface area contributed by atoms with E-state index >= 15 is 0 Å². The number of nitrogens with zero attached hydrogens (tertiary/aromatic N) is 3. The topological polar surface area (TPSA) is 103 Å². The van der Waals surface area contributed by atoms with E-state index in [1.165, 1.54) is 0 Å². The fourth-order valence-corrected chi connectivity index (χ4v) is 1.76. The Morgan fingerprint density at radius 2 is 2.10 bits per heavy atom. The monoisotopic (exact) mass is 280 g/mol. The first-order valence-electron chi connectivity index (χ1n) is 6.13. The Labute approximate surface area is 115 Å². The van der Waals surface area contributed by atoms with E-state index in [1.807, 2.05) is 0 Å². The molecule has 0 aliphatic rings. The van der Waals surface area contributed by atoms with E-state index < -0.39 is 0 Å². The molecule has 0 unspecified atom stereocenters. The number of carbonyl (C=O) groups excluding carboxylic acids is 1. The van der Waals surface area contributed by atoms with Crippen LogP contribution in [0.1, 0.15) is 33.5 Å². The highest BCUT2D eigenvalue weighted by Gasteiger charge is 2.17. The predicted molar refractivity (Wildman–Crippen MR) is 67.0 cm³/mol. The van der Waals surface area contributed by atoms with Gasteiger partial charge in [-0.25, -0.2) is 0 Å². The van der Waals surface area contributed by atoms with E-state index in [-0.39, 0.29) is 5.91 Å². The average Bonchev–Trinajstić information content (AvgIpc) is 2.97. The molecule has 0 fully saturated rings. The maximum Gasteiger partial charge on any atom is 0.256 e. The molecule has 2 rings (SSSR count). The van der Waals surface area contributed by atoms with Crippen LogP contribution in [-0.4, -0.2) is 34.9 Å². The summed E-state index contributed by atoms with van der Waals surface area (Å²) >= 11 is 0. The Hall–Kier alpha value is -2.22. The second-order valence-electron chi connectivity index (χ2n) is 4.24. The minimum absolute atomic E-state index is 0.224. The zero-order valence-electron chi connectivity index (χ0n) is 11.6. The predicted octanol–water partition coefficient (Wildman–Crippen LogP) is 0.793. The quantitative estimate of drug-likeness (QED) is 0.834. The first kappa shape index (κ1) is 14.2. The highest BCUT2D eigenvalue weighted by molar-refractivity contribution is 5.96. The summed E-state index contributed by atoms with van der Waals surface area (Å²) in [6, 6.07) is 0. The minimum Gasteiger partial charge on any atom is -0.377 e. The Morgan fingerprint density at radius 3 is 2.75 bits per heavy atom. The van der Waals surface area contributed by atoms with Crippen molar-refractivity contribution < 1.29 is 18.6 Å². The first-order chi connectivity index (χ1) is 9.61. The summed E-state index contributed by atoms with van der Waals surface area (Å²) in [4.78, 5) is 16.1. The SMILES string of the molecule is COCc1noc(CCNC(=O)c2c(C)noc2C)n1. The third kappa shape index (κ3) is 3.21. The Bertz CT molecular complexity index is 571. The molecule has 0 saturated heterocycles. The van der Waals surface area contributed by atoms with E-state index in [4.69, 9.17) is 13.8 Å². The van der Waals surface area contributed by atoms with Gasteiger partial charge in [-0.1, -0.05) is 10.3 Å². The van der Waals surface area contributed by atoms with Crippen molar-refractivity contribution in [3.8, 4) is 0 Å². The van der Waals surface area contributed by atoms with Crippen LogP contribution in [0.3, 0.4) is 0 Å². The van der Waals surface area contributed by atoms with Crippen molar-refractivity contribution in [2.45, 2.75) is 26.9 Å². The Kier molecular flexibility index (Phi) is 4.46. The fraction of sp³-hybridized carbons (Fsp3) is 0.500. The van der Waals surface area contributed by atoms with E-state index in [0.717, 1.165) is 0 Å². The number of hydrogen-bond acceptors (Lipinski definition) is 7. The van der Waals surface area contributed by atoms with Crippen molar-refractivity contribution >= 4 is 5.91 Å². The summed E-state index contributed by atoms with van der Waals surface area (Å²) in [5.74, 6) is 1.22. The third-order valence-corrected chi connectivity index (χ3v) is 2.67. The smallest absolute Gasteiger partial charge is 0.256 e. The van der Waals surface area contributed by atoms with Gasteiger partial charge in [0.05, 0.1) is 5.69 Å². The molecule has 8 nitrogen and oxygen atoms in total. The van der Waals surface area contributed by atoms with Gasteiger partial charge in [0.1, 0.15) is 17.9 Å². The van der Waals surface area contributed by atoms with Crippen molar-refractivity contribution in [3.63, 3.8) is 0 Å². The molecule has 20 heavy (non-hydrogen) atoms. The highest BCUT2D eigenvalue weighted by Crippen LogP contribution is 2.11. The maximum absolute atomic E-state index is 11.9. The molecule has 108 valence electrons. The summed E-state index contributed by atoms with van der Waals surface area (Å²) in [5, 5.41) is 10.2. The molecular formula is C12H16N4O4. The normalized spacial score (nSPS) is 10.8. The molecule has 8 heteroatoms. The summed E-state index contributed by atoms with van der Waals surface area (Å²) in [5.41, 5.74) is 1.04. The van der Waals surface area contributed by atoms with Gasteiger partial charge >= 0.3 is 0 Å². The number of carbonyl (C=O) groups is 1. The fourth-order valence-electron chi connectivity index (χ4n) is 1.76. The second kappa shape index (κ2) is 6.29. The van der Waals surface area contributed by atoms with Crippen LogP contribution < -0.4 is 5.32 Å². The number of nitrogens with one attached hydrogen (secondary N) is 1. The van der Waals surface area contributed by atoms with Crippen LogP contribution in [0.2, 0.25) is 0 Å². The molecule has 1 amide bonds. The van der Waals surface area contributed by atoms with Crippen LogP contribution in [0, 0.1) is 13.8 Å². The van der Waals surface area contributed by atoms with Gasteiger partial charge in [-0.3, -0.25) is 4.79 Å². The van der Waals surface area contributed by atoms with Gasteiger partial charge in [0.25, 0.3) is 5.91 Å². The number of hydrogen-bond donors (Lipinski definition) is 1. The van der Waals surface area contributed by atoms with Crippen molar-refractivity contribution in [1.82, 2.24) is 20.6 Å². The molecule has 0 aliphatic carbocycles. The molecule has 2 aromatic rings. The van der Waals surface area contributed by atoms with E-state index in [1.54, 1.807) is 21.0 Å². The lowest BCUT2D eigenvalue weighted by atomic mass is 10.2. The van der Waals surface area contributed by atoms with E-state index in [2.05, 4.69) is 20.6 Å². The molecular weight excluding hydrogens is 264 g/mol. The molecule has 0 aromatic carbocycles. The molecule has 0 radical (unpaired) electrons. The zero-order chi connectivity index (χ0) is 14.5. The number of methoxy groups -OCH3 is 1. The van der Waals surface area contributed by atoms with Crippen molar-refractivity contribution in [2.24, 2.45) is 0 Å².